The van der Waals surface area contributed by atoms with Crippen molar-refractivity contribution >= 4 is 5.78 Å². The van der Waals surface area contributed by atoms with E-state index < -0.39 is 0 Å². The van der Waals surface area contributed by atoms with Gasteiger partial charge in [-0.25, -0.2) is 0 Å². The Labute approximate surface area is 160 Å². The van der Waals surface area contributed by atoms with Crippen LogP contribution in [0, 0.1) is 5.92 Å². The summed E-state index contributed by atoms with van der Waals surface area (Å²) in [6.45, 7) is 0.337. The molecule has 0 aromatic heterocycles. The molecular weight excluding hydrogens is 344 g/mol. The van der Waals surface area contributed by atoms with Crippen molar-refractivity contribution in [1.82, 2.24) is 0 Å². The fraction of sp³-hybridized carbons (Fsp3) is 0.409. The van der Waals surface area contributed by atoms with Crippen LogP contribution in [0.25, 0.3) is 0 Å². The Balaban J connectivity index is 1.90. The van der Waals surface area contributed by atoms with Gasteiger partial charge in [0, 0.05) is 31.3 Å². The van der Waals surface area contributed by atoms with Crippen molar-refractivity contribution in [3.05, 3.63) is 59.7 Å². The first-order chi connectivity index (χ1) is 13.2. The fourth-order valence-electron chi connectivity index (χ4n) is 3.75. The van der Waals surface area contributed by atoms with Crippen LogP contribution in [0.15, 0.2) is 48.5 Å². The second-order valence-electron chi connectivity index (χ2n) is 6.68. The average Bonchev–Trinajstić information content (AvgIpc) is 3.20. The zero-order chi connectivity index (χ0) is 19.1. The molecule has 0 bridgehead atoms. The van der Waals surface area contributed by atoms with E-state index in [2.05, 4.69) is 0 Å². The van der Waals surface area contributed by atoms with Crippen LogP contribution in [0.2, 0.25) is 0 Å². The van der Waals surface area contributed by atoms with E-state index in [0.717, 1.165) is 36.1 Å². The average molecular weight is 370 g/mol. The van der Waals surface area contributed by atoms with Crippen LogP contribution in [0.1, 0.15) is 41.1 Å². The van der Waals surface area contributed by atoms with Gasteiger partial charge in [-0.1, -0.05) is 36.8 Å². The highest BCUT2D eigenvalue weighted by atomic mass is 16.7. The highest BCUT2D eigenvalue weighted by Gasteiger charge is 2.36. The van der Waals surface area contributed by atoms with Gasteiger partial charge in [0.1, 0.15) is 11.5 Å². The first-order valence-electron chi connectivity index (χ1n) is 9.21. The zero-order valence-electron chi connectivity index (χ0n) is 15.9. The smallest absolute Gasteiger partial charge is 0.188 e. The Morgan fingerprint density at radius 3 is 2.44 bits per heavy atom. The van der Waals surface area contributed by atoms with Gasteiger partial charge in [0.25, 0.3) is 0 Å². The first-order valence-corrected chi connectivity index (χ1v) is 9.21. The van der Waals surface area contributed by atoms with Crippen molar-refractivity contribution in [3.63, 3.8) is 0 Å². The van der Waals surface area contributed by atoms with Crippen molar-refractivity contribution in [2.75, 3.05) is 27.8 Å². The van der Waals surface area contributed by atoms with Crippen LogP contribution in [0.5, 0.6) is 11.5 Å². The lowest BCUT2D eigenvalue weighted by Gasteiger charge is -2.22. The van der Waals surface area contributed by atoms with Crippen molar-refractivity contribution in [2.45, 2.75) is 25.2 Å². The molecule has 5 nitrogen and oxygen atoms in total. The molecule has 1 fully saturated rings. The van der Waals surface area contributed by atoms with Gasteiger partial charge in [-0.15, -0.1) is 0 Å². The molecule has 0 unspecified atom stereocenters. The molecule has 0 radical (unpaired) electrons. The second kappa shape index (κ2) is 9.53. The quantitative estimate of drug-likeness (QED) is 0.483. The third-order valence-corrected chi connectivity index (χ3v) is 4.97. The molecule has 1 saturated carbocycles. The van der Waals surface area contributed by atoms with Gasteiger partial charge in [-0.05, 0) is 37.0 Å². The van der Waals surface area contributed by atoms with Crippen LogP contribution in [-0.4, -0.2) is 33.6 Å². The van der Waals surface area contributed by atoms with Crippen molar-refractivity contribution < 1.29 is 23.7 Å². The first kappa shape index (κ1) is 19.4. The summed E-state index contributed by atoms with van der Waals surface area (Å²) in [6.07, 6.45) is 2.84. The molecule has 2 atom stereocenters. The summed E-state index contributed by atoms with van der Waals surface area (Å²) < 4.78 is 21.4. The van der Waals surface area contributed by atoms with Crippen LogP contribution < -0.4 is 9.47 Å². The van der Waals surface area contributed by atoms with Crippen LogP contribution >= 0.6 is 0 Å². The Kier molecular flexibility index (Phi) is 6.85. The van der Waals surface area contributed by atoms with Gasteiger partial charge < -0.3 is 18.9 Å². The molecule has 0 heterocycles. The molecule has 0 N–H and O–H groups in total. The third kappa shape index (κ3) is 4.67. The van der Waals surface area contributed by atoms with Crippen LogP contribution in [0.4, 0.5) is 0 Å². The number of rotatable bonds is 9. The Morgan fingerprint density at radius 1 is 0.963 bits per heavy atom. The van der Waals surface area contributed by atoms with Gasteiger partial charge >= 0.3 is 0 Å². The minimum atomic E-state index is -0.0602. The molecule has 0 saturated heterocycles. The van der Waals surface area contributed by atoms with Crippen molar-refractivity contribution in [1.29, 1.82) is 0 Å². The van der Waals surface area contributed by atoms with Crippen molar-refractivity contribution in [2.24, 2.45) is 5.92 Å². The number of Topliss-reactive ketones (excluding diaryl/α,β-unsaturated/α-hetero) is 1. The number of hydrogen-bond acceptors (Lipinski definition) is 5. The number of benzene rings is 2. The standard InChI is InChI=1S/C22H26O5/c1-24-14-26-17-11-12-21(27-15-25-2)20(13-17)18-9-6-10-19(18)22(23)16-7-4-3-5-8-16/h3-5,7-8,11-13,18-19H,6,9-10,14-15H2,1-2H3/t18-,19+/m1/s1. The Bertz CT molecular complexity index is 744. The van der Waals surface area contributed by atoms with E-state index in [9.17, 15) is 4.79 Å². The van der Waals surface area contributed by atoms with E-state index in [-0.39, 0.29) is 31.2 Å². The Morgan fingerprint density at radius 2 is 1.70 bits per heavy atom. The summed E-state index contributed by atoms with van der Waals surface area (Å²) in [5.74, 6) is 1.67. The van der Waals surface area contributed by atoms with Crippen molar-refractivity contribution in [3.8, 4) is 11.5 Å². The van der Waals surface area contributed by atoms with E-state index >= 15 is 0 Å². The SMILES string of the molecule is COCOc1ccc(OCOC)c([C@@H]2CCC[C@@H]2C(=O)c2ccccc2)c1. The number of ether oxygens (including phenoxy) is 4. The highest BCUT2D eigenvalue weighted by molar-refractivity contribution is 5.98. The number of methoxy groups -OCH3 is 2. The topological polar surface area (TPSA) is 54.0 Å². The molecule has 0 aliphatic heterocycles. The monoisotopic (exact) mass is 370 g/mol. The van der Waals surface area contributed by atoms with Gasteiger partial charge in [0.15, 0.2) is 19.4 Å². The van der Waals surface area contributed by atoms with E-state index in [1.165, 1.54) is 0 Å². The van der Waals surface area contributed by atoms with Gasteiger partial charge in [0.2, 0.25) is 0 Å². The number of hydrogen-bond donors (Lipinski definition) is 0. The number of ketones is 1. The minimum Gasteiger partial charge on any atom is -0.468 e. The van der Waals surface area contributed by atoms with Gasteiger partial charge in [0.05, 0.1) is 0 Å². The predicted molar refractivity (Wildman–Crippen MR) is 102 cm³/mol. The lowest BCUT2D eigenvalue weighted by molar-refractivity contribution is 0.0473. The fourth-order valence-corrected chi connectivity index (χ4v) is 3.75. The second-order valence-corrected chi connectivity index (χ2v) is 6.68. The molecule has 2 aromatic rings. The van der Waals surface area contributed by atoms with Gasteiger partial charge in [-0.2, -0.15) is 0 Å². The lowest BCUT2D eigenvalue weighted by Crippen LogP contribution is -2.19. The molecule has 0 spiro atoms. The summed E-state index contributed by atoms with van der Waals surface area (Å²) in [4.78, 5) is 13.1. The normalized spacial score (nSPS) is 19.0. The number of carbonyl (C=O) groups excluding carboxylic acids is 1. The molecule has 0 amide bonds. The highest BCUT2D eigenvalue weighted by Crippen LogP contribution is 2.45. The maximum Gasteiger partial charge on any atom is 0.188 e. The lowest BCUT2D eigenvalue weighted by atomic mass is 9.83. The summed E-state index contributed by atoms with van der Waals surface area (Å²) >= 11 is 0. The summed E-state index contributed by atoms with van der Waals surface area (Å²) in [5, 5.41) is 0. The zero-order valence-corrected chi connectivity index (χ0v) is 15.9. The minimum absolute atomic E-state index is 0.0602. The molecule has 2 aromatic carbocycles. The maximum absolute atomic E-state index is 13.1. The molecular formula is C22H26O5. The third-order valence-electron chi connectivity index (χ3n) is 4.97. The van der Waals surface area contributed by atoms with E-state index in [4.69, 9.17) is 18.9 Å². The van der Waals surface area contributed by atoms with Gasteiger partial charge in [-0.3, -0.25) is 4.79 Å². The van der Waals surface area contributed by atoms with E-state index in [1.807, 2.05) is 48.5 Å². The summed E-state index contributed by atoms with van der Waals surface area (Å²) in [5.41, 5.74) is 1.76. The number of carbonyl (C=O) groups is 1. The predicted octanol–water partition coefficient (Wildman–Crippen LogP) is 4.42. The van der Waals surface area contributed by atoms with E-state index in [0.29, 0.717) is 5.75 Å². The Hall–Kier alpha value is -2.37. The molecule has 5 heteroatoms. The molecule has 3 rings (SSSR count). The maximum atomic E-state index is 13.1. The molecule has 1 aliphatic rings. The summed E-state index contributed by atoms with van der Waals surface area (Å²) in [6, 6.07) is 15.2. The molecule has 27 heavy (non-hydrogen) atoms. The largest absolute Gasteiger partial charge is 0.468 e. The summed E-state index contributed by atoms with van der Waals surface area (Å²) in [7, 11) is 3.18. The molecule has 144 valence electrons. The van der Waals surface area contributed by atoms with Crippen LogP contribution in [0.3, 0.4) is 0 Å². The molecule has 1 aliphatic carbocycles. The van der Waals surface area contributed by atoms with E-state index in [1.54, 1.807) is 14.2 Å². The van der Waals surface area contributed by atoms with Crippen LogP contribution in [-0.2, 0) is 9.47 Å².